The number of nitrogens with one attached hydrogen (secondary N) is 1. The molecule has 0 aliphatic rings. The van der Waals surface area contributed by atoms with Crippen molar-refractivity contribution in [2.24, 2.45) is 0 Å². The minimum atomic E-state index is -0.196. The fourth-order valence-electron chi connectivity index (χ4n) is 1.67. The predicted octanol–water partition coefficient (Wildman–Crippen LogP) is 4.02. The van der Waals surface area contributed by atoms with Crippen LogP contribution in [0.4, 0.5) is 5.69 Å². The van der Waals surface area contributed by atoms with E-state index in [1.807, 2.05) is 25.1 Å². The fourth-order valence-corrected chi connectivity index (χ4v) is 2.05. The molecule has 3 nitrogen and oxygen atoms in total. The van der Waals surface area contributed by atoms with Gasteiger partial charge in [-0.2, -0.15) is 0 Å². The highest BCUT2D eigenvalue weighted by Gasteiger charge is 2.08. The molecule has 0 heterocycles. The van der Waals surface area contributed by atoms with Gasteiger partial charge in [-0.05, 0) is 55.3 Å². The largest absolute Gasteiger partial charge is 0.508 e. The molecule has 0 spiro atoms. The monoisotopic (exact) mass is 319 g/mol. The van der Waals surface area contributed by atoms with Gasteiger partial charge in [0.15, 0.2) is 0 Å². The Morgan fingerprint density at radius 3 is 2.47 bits per heavy atom. The van der Waals surface area contributed by atoms with Gasteiger partial charge in [-0.25, -0.2) is 0 Å². The Labute approximate surface area is 120 Å². The first-order chi connectivity index (χ1) is 8.97. The third-order valence-electron chi connectivity index (χ3n) is 2.89. The summed E-state index contributed by atoms with van der Waals surface area (Å²) >= 11 is 3.43. The molecular weight excluding hydrogens is 306 g/mol. The molecule has 2 rings (SSSR count). The summed E-state index contributed by atoms with van der Waals surface area (Å²) in [5, 5.41) is 12.3. The van der Waals surface area contributed by atoms with Gasteiger partial charge in [-0.1, -0.05) is 22.0 Å². The van der Waals surface area contributed by atoms with Crippen LogP contribution in [0.2, 0.25) is 0 Å². The van der Waals surface area contributed by atoms with Crippen LogP contribution < -0.4 is 5.32 Å². The van der Waals surface area contributed by atoms with Crippen LogP contribution in [0, 0.1) is 13.8 Å². The van der Waals surface area contributed by atoms with E-state index in [9.17, 15) is 9.90 Å². The highest BCUT2D eigenvalue weighted by atomic mass is 79.9. The van der Waals surface area contributed by atoms with E-state index in [4.69, 9.17) is 0 Å². The van der Waals surface area contributed by atoms with Gasteiger partial charge in [0.1, 0.15) is 5.75 Å². The van der Waals surface area contributed by atoms with E-state index in [0.29, 0.717) is 11.1 Å². The quantitative estimate of drug-likeness (QED) is 0.878. The summed E-state index contributed by atoms with van der Waals surface area (Å²) in [6.45, 7) is 3.74. The van der Waals surface area contributed by atoms with Crippen molar-refractivity contribution < 1.29 is 9.90 Å². The number of phenolic OH excluding ortho intramolecular Hbond substituents is 1. The maximum absolute atomic E-state index is 12.1. The Bertz CT molecular complexity index is 638. The normalized spacial score (nSPS) is 10.3. The zero-order chi connectivity index (χ0) is 14.0. The summed E-state index contributed by atoms with van der Waals surface area (Å²) < 4.78 is 0.951. The molecule has 0 aliphatic heterocycles. The molecule has 2 N–H and O–H groups in total. The molecule has 0 saturated carbocycles. The molecule has 0 aromatic heterocycles. The summed E-state index contributed by atoms with van der Waals surface area (Å²) in [6.07, 6.45) is 0. The van der Waals surface area contributed by atoms with Crippen molar-refractivity contribution in [3.05, 3.63) is 57.6 Å². The van der Waals surface area contributed by atoms with Gasteiger partial charge in [0.2, 0.25) is 0 Å². The molecule has 2 aromatic rings. The lowest BCUT2D eigenvalue weighted by Gasteiger charge is -2.08. The highest BCUT2D eigenvalue weighted by Crippen LogP contribution is 2.22. The standard InChI is InChI=1S/C15H14BrNO2/c1-9-3-5-12(8-13(9)16)17-15(19)11-4-6-14(18)10(2)7-11/h3-8,18H,1-2H3,(H,17,19). The summed E-state index contributed by atoms with van der Waals surface area (Å²) in [5.74, 6) is -0.00603. The second kappa shape index (κ2) is 5.45. The number of rotatable bonds is 2. The highest BCUT2D eigenvalue weighted by molar-refractivity contribution is 9.10. The molecule has 0 aliphatic carbocycles. The lowest BCUT2D eigenvalue weighted by atomic mass is 10.1. The van der Waals surface area contributed by atoms with Crippen LogP contribution in [-0.2, 0) is 0 Å². The first kappa shape index (κ1) is 13.6. The fraction of sp³-hybridized carbons (Fsp3) is 0.133. The Hall–Kier alpha value is -1.81. The number of aromatic hydroxyl groups is 1. The minimum absolute atomic E-state index is 0.189. The van der Waals surface area contributed by atoms with Crippen molar-refractivity contribution in [1.29, 1.82) is 0 Å². The van der Waals surface area contributed by atoms with Crippen LogP contribution in [0.15, 0.2) is 40.9 Å². The predicted molar refractivity (Wildman–Crippen MR) is 79.7 cm³/mol. The van der Waals surface area contributed by atoms with Gasteiger partial charge < -0.3 is 10.4 Å². The van der Waals surface area contributed by atoms with Crippen molar-refractivity contribution in [2.75, 3.05) is 5.32 Å². The Morgan fingerprint density at radius 1 is 1.11 bits per heavy atom. The van der Waals surface area contributed by atoms with Crippen molar-refractivity contribution in [1.82, 2.24) is 0 Å². The number of carbonyl (C=O) groups is 1. The zero-order valence-corrected chi connectivity index (χ0v) is 12.3. The molecule has 0 saturated heterocycles. The van der Waals surface area contributed by atoms with Crippen LogP contribution >= 0.6 is 15.9 Å². The van der Waals surface area contributed by atoms with E-state index in [0.717, 1.165) is 15.7 Å². The average Bonchev–Trinajstić information content (AvgIpc) is 2.37. The zero-order valence-electron chi connectivity index (χ0n) is 10.7. The van der Waals surface area contributed by atoms with Crippen molar-refractivity contribution in [3.8, 4) is 5.75 Å². The molecule has 0 bridgehead atoms. The molecule has 0 radical (unpaired) electrons. The Morgan fingerprint density at radius 2 is 1.84 bits per heavy atom. The molecule has 4 heteroatoms. The molecule has 0 unspecified atom stereocenters. The summed E-state index contributed by atoms with van der Waals surface area (Å²) in [6, 6.07) is 10.4. The Balaban J connectivity index is 2.20. The number of aryl methyl sites for hydroxylation is 2. The van der Waals surface area contributed by atoms with Crippen molar-refractivity contribution in [2.45, 2.75) is 13.8 Å². The third-order valence-corrected chi connectivity index (χ3v) is 3.74. The van der Waals surface area contributed by atoms with Crippen LogP contribution in [0.1, 0.15) is 21.5 Å². The molecule has 0 atom stereocenters. The first-order valence-corrected chi connectivity index (χ1v) is 6.64. The topological polar surface area (TPSA) is 49.3 Å². The first-order valence-electron chi connectivity index (χ1n) is 5.84. The van der Waals surface area contributed by atoms with Crippen LogP contribution in [-0.4, -0.2) is 11.0 Å². The SMILES string of the molecule is Cc1cc(C(=O)Nc2ccc(C)c(Br)c2)ccc1O. The van der Waals surface area contributed by atoms with Gasteiger partial charge in [0.05, 0.1) is 0 Å². The smallest absolute Gasteiger partial charge is 0.255 e. The molecule has 0 fully saturated rings. The van der Waals surface area contributed by atoms with E-state index >= 15 is 0 Å². The average molecular weight is 320 g/mol. The number of phenols is 1. The molecule has 1 amide bonds. The number of carbonyl (C=O) groups excluding carboxylic acids is 1. The minimum Gasteiger partial charge on any atom is -0.508 e. The Kier molecular flexibility index (Phi) is 3.90. The number of hydrogen-bond acceptors (Lipinski definition) is 2. The molecule has 19 heavy (non-hydrogen) atoms. The summed E-state index contributed by atoms with van der Waals surface area (Å²) in [4.78, 5) is 12.1. The lowest BCUT2D eigenvalue weighted by molar-refractivity contribution is 0.102. The van der Waals surface area contributed by atoms with Gasteiger partial charge in [0, 0.05) is 15.7 Å². The number of anilines is 1. The molecule has 2 aromatic carbocycles. The number of benzene rings is 2. The maximum atomic E-state index is 12.1. The number of amides is 1. The van der Waals surface area contributed by atoms with E-state index < -0.39 is 0 Å². The van der Waals surface area contributed by atoms with Gasteiger partial charge >= 0.3 is 0 Å². The third kappa shape index (κ3) is 3.15. The van der Waals surface area contributed by atoms with E-state index in [1.54, 1.807) is 19.1 Å². The number of halogens is 1. The second-order valence-electron chi connectivity index (χ2n) is 4.42. The summed E-state index contributed by atoms with van der Waals surface area (Å²) in [5.41, 5.74) is 3.04. The summed E-state index contributed by atoms with van der Waals surface area (Å²) in [7, 11) is 0. The van der Waals surface area contributed by atoms with Crippen LogP contribution in [0.25, 0.3) is 0 Å². The van der Waals surface area contributed by atoms with Gasteiger partial charge in [-0.3, -0.25) is 4.79 Å². The van der Waals surface area contributed by atoms with E-state index in [-0.39, 0.29) is 11.7 Å². The van der Waals surface area contributed by atoms with Crippen LogP contribution in [0.5, 0.6) is 5.75 Å². The maximum Gasteiger partial charge on any atom is 0.255 e. The van der Waals surface area contributed by atoms with Gasteiger partial charge in [0.25, 0.3) is 5.91 Å². The molecular formula is C15H14BrNO2. The number of hydrogen-bond donors (Lipinski definition) is 2. The van der Waals surface area contributed by atoms with Gasteiger partial charge in [-0.15, -0.1) is 0 Å². The van der Waals surface area contributed by atoms with Crippen molar-refractivity contribution in [3.63, 3.8) is 0 Å². The van der Waals surface area contributed by atoms with E-state index in [1.165, 1.54) is 6.07 Å². The van der Waals surface area contributed by atoms with E-state index in [2.05, 4.69) is 21.2 Å². The molecule has 98 valence electrons. The lowest BCUT2D eigenvalue weighted by Crippen LogP contribution is -2.12. The van der Waals surface area contributed by atoms with Crippen LogP contribution in [0.3, 0.4) is 0 Å². The second-order valence-corrected chi connectivity index (χ2v) is 5.27. The van der Waals surface area contributed by atoms with Crippen molar-refractivity contribution >= 4 is 27.5 Å².